The summed E-state index contributed by atoms with van der Waals surface area (Å²) in [7, 11) is -3.66. The summed E-state index contributed by atoms with van der Waals surface area (Å²) in [6, 6.07) is 11.7. The van der Waals surface area contributed by atoms with E-state index in [-0.39, 0.29) is 11.4 Å². The van der Waals surface area contributed by atoms with Crippen molar-refractivity contribution in [2.45, 2.75) is 11.4 Å². The molecule has 8 heteroatoms. The van der Waals surface area contributed by atoms with Gasteiger partial charge in [0, 0.05) is 25.2 Å². The summed E-state index contributed by atoms with van der Waals surface area (Å²) in [5.41, 5.74) is 0.800. The van der Waals surface area contributed by atoms with E-state index >= 15 is 0 Å². The summed E-state index contributed by atoms with van der Waals surface area (Å²) in [5.74, 6) is -0.827. The second kappa shape index (κ2) is 7.94. The molecule has 1 aliphatic rings. The minimum absolute atomic E-state index is 0.0515. The zero-order valence-electron chi connectivity index (χ0n) is 14.0. The maximum Gasteiger partial charge on any atom is 0.251 e. The fourth-order valence-corrected chi connectivity index (χ4v) is 4.34. The van der Waals surface area contributed by atoms with Crippen LogP contribution in [0.15, 0.2) is 53.4 Å². The molecule has 1 N–H and O–H groups in total. The van der Waals surface area contributed by atoms with Gasteiger partial charge < -0.3 is 10.1 Å². The van der Waals surface area contributed by atoms with Gasteiger partial charge in [-0.3, -0.25) is 4.79 Å². The predicted octanol–water partition coefficient (Wildman–Crippen LogP) is 1.78. The van der Waals surface area contributed by atoms with Crippen molar-refractivity contribution >= 4 is 15.9 Å². The molecule has 6 nitrogen and oxygen atoms in total. The minimum Gasteiger partial charge on any atom is -0.379 e. The lowest BCUT2D eigenvalue weighted by Crippen LogP contribution is -2.41. The Morgan fingerprint density at radius 2 is 1.73 bits per heavy atom. The summed E-state index contributed by atoms with van der Waals surface area (Å²) in [6.07, 6.45) is 0. The number of benzene rings is 2. The van der Waals surface area contributed by atoms with Crippen LogP contribution in [0.2, 0.25) is 0 Å². The second-order valence-corrected chi connectivity index (χ2v) is 7.72. The summed E-state index contributed by atoms with van der Waals surface area (Å²) < 4.78 is 45.3. The molecule has 1 heterocycles. The predicted molar refractivity (Wildman–Crippen MR) is 93.6 cm³/mol. The van der Waals surface area contributed by atoms with Gasteiger partial charge in [0.05, 0.1) is 18.1 Å². The highest BCUT2D eigenvalue weighted by molar-refractivity contribution is 7.89. The van der Waals surface area contributed by atoms with Gasteiger partial charge in [-0.05, 0) is 35.9 Å². The van der Waals surface area contributed by atoms with Gasteiger partial charge in [-0.15, -0.1) is 0 Å². The van der Waals surface area contributed by atoms with Crippen molar-refractivity contribution in [2.24, 2.45) is 0 Å². The van der Waals surface area contributed by atoms with E-state index in [0.717, 1.165) is 0 Å². The maximum atomic E-state index is 12.9. The van der Waals surface area contributed by atoms with Crippen molar-refractivity contribution in [1.29, 1.82) is 0 Å². The van der Waals surface area contributed by atoms with E-state index in [4.69, 9.17) is 4.74 Å². The molecule has 0 bridgehead atoms. The highest BCUT2D eigenvalue weighted by Crippen LogP contribution is 2.21. The minimum atomic E-state index is -3.66. The number of amides is 1. The first-order valence-corrected chi connectivity index (χ1v) is 9.62. The third-order valence-electron chi connectivity index (χ3n) is 4.11. The van der Waals surface area contributed by atoms with Gasteiger partial charge in [-0.1, -0.05) is 18.2 Å². The molecule has 1 amide bonds. The third-order valence-corrected chi connectivity index (χ3v) is 6.11. The van der Waals surface area contributed by atoms with E-state index in [1.54, 1.807) is 18.2 Å². The van der Waals surface area contributed by atoms with Crippen LogP contribution in [-0.4, -0.2) is 44.9 Å². The van der Waals surface area contributed by atoms with Crippen LogP contribution in [0.1, 0.15) is 15.9 Å². The van der Waals surface area contributed by atoms with Gasteiger partial charge >= 0.3 is 0 Å². The smallest absolute Gasteiger partial charge is 0.251 e. The van der Waals surface area contributed by atoms with E-state index in [0.29, 0.717) is 37.4 Å². The van der Waals surface area contributed by atoms with Crippen LogP contribution in [0, 0.1) is 5.82 Å². The Hall–Kier alpha value is -2.29. The molecule has 0 spiro atoms. The highest BCUT2D eigenvalue weighted by atomic mass is 32.2. The third kappa shape index (κ3) is 4.09. The molecular weight excluding hydrogens is 359 g/mol. The molecule has 1 aliphatic heterocycles. The van der Waals surface area contributed by atoms with Gasteiger partial charge in [0.15, 0.2) is 0 Å². The standard InChI is InChI=1S/C18H19FN2O4S/c19-16-7-5-14(6-8-16)18(22)20-13-15-3-1-2-4-17(15)26(23,24)21-9-11-25-12-10-21/h1-8H,9-13H2,(H,20,22). The molecular formula is C18H19FN2O4S. The highest BCUT2D eigenvalue weighted by Gasteiger charge is 2.28. The van der Waals surface area contributed by atoms with Crippen LogP contribution in [-0.2, 0) is 21.3 Å². The summed E-state index contributed by atoms with van der Waals surface area (Å²) in [6.45, 7) is 1.39. The summed E-state index contributed by atoms with van der Waals surface area (Å²) in [4.78, 5) is 12.3. The Labute approximate surface area is 151 Å². The SMILES string of the molecule is O=C(NCc1ccccc1S(=O)(=O)N1CCOCC1)c1ccc(F)cc1. The average Bonchev–Trinajstić information content (AvgIpc) is 2.67. The Bertz CT molecular complexity index is 878. The molecule has 26 heavy (non-hydrogen) atoms. The number of nitrogens with one attached hydrogen (secondary N) is 1. The van der Waals surface area contributed by atoms with Crippen molar-refractivity contribution in [3.63, 3.8) is 0 Å². The van der Waals surface area contributed by atoms with E-state index in [9.17, 15) is 17.6 Å². The number of halogens is 1. The number of carbonyl (C=O) groups excluding carboxylic acids is 1. The van der Waals surface area contributed by atoms with E-state index in [1.807, 2.05) is 0 Å². The van der Waals surface area contributed by atoms with Crippen LogP contribution in [0.25, 0.3) is 0 Å². The van der Waals surface area contributed by atoms with Crippen molar-refractivity contribution in [2.75, 3.05) is 26.3 Å². The first-order valence-electron chi connectivity index (χ1n) is 8.18. The topological polar surface area (TPSA) is 75.7 Å². The van der Waals surface area contributed by atoms with Crippen molar-refractivity contribution < 1.29 is 22.3 Å². The van der Waals surface area contributed by atoms with E-state index < -0.39 is 21.7 Å². The number of hydrogen-bond acceptors (Lipinski definition) is 4. The fraction of sp³-hybridized carbons (Fsp3) is 0.278. The lowest BCUT2D eigenvalue weighted by molar-refractivity contribution is 0.0730. The molecule has 1 fully saturated rings. The quantitative estimate of drug-likeness (QED) is 0.861. The number of ether oxygens (including phenoxy) is 1. The van der Waals surface area contributed by atoms with E-state index in [2.05, 4.69) is 5.32 Å². The number of rotatable bonds is 5. The van der Waals surface area contributed by atoms with E-state index in [1.165, 1.54) is 34.6 Å². The molecule has 0 atom stereocenters. The fourth-order valence-electron chi connectivity index (χ4n) is 2.71. The number of hydrogen-bond donors (Lipinski definition) is 1. The van der Waals surface area contributed by atoms with Crippen LogP contribution in [0.5, 0.6) is 0 Å². The van der Waals surface area contributed by atoms with Crippen molar-refractivity contribution in [1.82, 2.24) is 9.62 Å². The number of carbonyl (C=O) groups is 1. The van der Waals surface area contributed by atoms with Gasteiger partial charge in [0.2, 0.25) is 10.0 Å². The Kier molecular flexibility index (Phi) is 5.65. The van der Waals surface area contributed by atoms with Crippen LogP contribution < -0.4 is 5.32 Å². The molecule has 0 aromatic heterocycles. The lowest BCUT2D eigenvalue weighted by atomic mass is 10.2. The summed E-state index contributed by atoms with van der Waals surface area (Å²) in [5, 5.41) is 2.68. The van der Waals surface area contributed by atoms with Gasteiger partial charge in [0.1, 0.15) is 5.82 Å². The molecule has 3 rings (SSSR count). The van der Waals surface area contributed by atoms with Crippen LogP contribution >= 0.6 is 0 Å². The van der Waals surface area contributed by atoms with Gasteiger partial charge in [0.25, 0.3) is 5.91 Å². The molecule has 1 saturated heterocycles. The first kappa shape index (κ1) is 18.5. The number of sulfonamides is 1. The average molecular weight is 378 g/mol. The van der Waals surface area contributed by atoms with Crippen LogP contribution in [0.4, 0.5) is 4.39 Å². The molecule has 2 aromatic rings. The Morgan fingerprint density at radius 1 is 1.08 bits per heavy atom. The largest absolute Gasteiger partial charge is 0.379 e. The maximum absolute atomic E-state index is 12.9. The Morgan fingerprint density at radius 3 is 2.42 bits per heavy atom. The molecule has 0 saturated carbocycles. The molecule has 2 aromatic carbocycles. The monoisotopic (exact) mass is 378 g/mol. The molecule has 0 unspecified atom stereocenters. The molecule has 0 radical (unpaired) electrons. The normalized spacial score (nSPS) is 15.6. The zero-order chi connectivity index (χ0) is 18.6. The first-order chi connectivity index (χ1) is 12.5. The van der Waals surface area contributed by atoms with Crippen molar-refractivity contribution in [3.8, 4) is 0 Å². The lowest BCUT2D eigenvalue weighted by Gasteiger charge is -2.27. The van der Waals surface area contributed by atoms with Crippen LogP contribution in [0.3, 0.4) is 0 Å². The van der Waals surface area contributed by atoms with Gasteiger partial charge in [-0.2, -0.15) is 4.31 Å². The summed E-state index contributed by atoms with van der Waals surface area (Å²) >= 11 is 0. The Balaban J connectivity index is 1.77. The molecule has 0 aliphatic carbocycles. The van der Waals surface area contributed by atoms with Gasteiger partial charge in [-0.25, -0.2) is 12.8 Å². The second-order valence-electron chi connectivity index (χ2n) is 5.81. The number of morpholine rings is 1. The zero-order valence-corrected chi connectivity index (χ0v) is 14.8. The van der Waals surface area contributed by atoms with Crippen molar-refractivity contribution in [3.05, 3.63) is 65.5 Å². The molecule has 138 valence electrons. The number of nitrogens with zero attached hydrogens (tertiary/aromatic N) is 1.